The van der Waals surface area contributed by atoms with Gasteiger partial charge in [-0.05, 0) is 74.0 Å². The van der Waals surface area contributed by atoms with E-state index in [1.54, 1.807) is 27.9 Å². The van der Waals surface area contributed by atoms with Crippen molar-refractivity contribution in [3.8, 4) is 0 Å². The van der Waals surface area contributed by atoms with Crippen LogP contribution in [0.5, 0.6) is 0 Å². The van der Waals surface area contributed by atoms with Crippen molar-refractivity contribution in [2.75, 3.05) is 23.0 Å². The maximum absolute atomic E-state index is 14.1. The minimum Gasteiger partial charge on any atom is -0.396 e. The Hall–Kier alpha value is -3.38. The summed E-state index contributed by atoms with van der Waals surface area (Å²) in [6, 6.07) is 2.73. The number of pyridine rings is 1. The first-order chi connectivity index (χ1) is 19.9. The molecule has 12 heteroatoms. The van der Waals surface area contributed by atoms with Crippen LogP contribution in [0, 0.1) is 17.7 Å². The first-order valence-electron chi connectivity index (χ1n) is 14.3. The number of amides is 2. The second-order valence-corrected chi connectivity index (χ2v) is 12.4. The van der Waals surface area contributed by atoms with Crippen LogP contribution in [0.1, 0.15) is 71.4 Å². The Labute approximate surface area is 241 Å². The van der Waals surface area contributed by atoms with Crippen LogP contribution >= 0.6 is 11.8 Å². The highest BCUT2D eigenvalue weighted by molar-refractivity contribution is 7.99. The fourth-order valence-electron chi connectivity index (χ4n) is 6.38. The second kappa shape index (κ2) is 11.8. The maximum Gasteiger partial charge on any atom is 0.272 e. The minimum atomic E-state index is -0.578. The molecule has 2 amide bonds. The Morgan fingerprint density at radius 3 is 2.61 bits per heavy atom. The lowest BCUT2D eigenvalue weighted by molar-refractivity contribution is -0.125. The summed E-state index contributed by atoms with van der Waals surface area (Å²) in [6.07, 6.45) is 9.39. The Morgan fingerprint density at radius 1 is 1.07 bits per heavy atom. The van der Waals surface area contributed by atoms with E-state index in [1.165, 1.54) is 6.07 Å². The molecule has 0 bridgehead atoms. The number of hydrogen-bond acceptors (Lipinski definition) is 8. The average Bonchev–Trinajstić information content (AvgIpc) is 3.37. The fourth-order valence-corrected chi connectivity index (χ4v) is 7.47. The van der Waals surface area contributed by atoms with Crippen molar-refractivity contribution in [1.29, 1.82) is 0 Å². The van der Waals surface area contributed by atoms with Crippen molar-refractivity contribution in [3.63, 3.8) is 0 Å². The summed E-state index contributed by atoms with van der Waals surface area (Å²) in [6.45, 7) is 0.00519. The zero-order chi connectivity index (χ0) is 28.5. The van der Waals surface area contributed by atoms with Gasteiger partial charge in [0.05, 0.1) is 11.8 Å². The normalized spacial score (nSPS) is 23.9. The molecule has 1 aliphatic carbocycles. The molecule has 3 aromatic rings. The summed E-state index contributed by atoms with van der Waals surface area (Å²) in [5, 5.41) is 16.6. The average molecular weight is 581 g/mol. The third-order valence-corrected chi connectivity index (χ3v) is 9.60. The molecule has 3 aliphatic rings. The van der Waals surface area contributed by atoms with Gasteiger partial charge in [-0.3, -0.25) is 19.3 Å². The molecule has 1 atom stereocenters. The zero-order valence-electron chi connectivity index (χ0n) is 22.7. The number of rotatable bonds is 6. The topological polar surface area (TPSA) is 130 Å². The van der Waals surface area contributed by atoms with Gasteiger partial charge in [0, 0.05) is 49.5 Å². The number of carbonyl (C=O) groups excluding carboxylic acids is 3. The predicted octanol–water partition coefficient (Wildman–Crippen LogP) is 3.22. The maximum atomic E-state index is 14.1. The highest BCUT2D eigenvalue weighted by atomic mass is 32.2. The van der Waals surface area contributed by atoms with Crippen molar-refractivity contribution >= 4 is 40.8 Å². The minimum absolute atomic E-state index is 0.00519. The summed E-state index contributed by atoms with van der Waals surface area (Å²) in [5.74, 6) is 0.466. The predicted molar refractivity (Wildman–Crippen MR) is 151 cm³/mol. The van der Waals surface area contributed by atoms with Crippen LogP contribution in [-0.2, 0) is 11.2 Å². The summed E-state index contributed by atoms with van der Waals surface area (Å²) in [7, 11) is 0. The van der Waals surface area contributed by atoms with E-state index in [2.05, 4.69) is 20.4 Å². The first kappa shape index (κ1) is 27.8. The van der Waals surface area contributed by atoms with Crippen LogP contribution in [0.2, 0.25) is 0 Å². The Kier molecular flexibility index (Phi) is 8.03. The van der Waals surface area contributed by atoms with Gasteiger partial charge in [0.15, 0.2) is 17.1 Å². The summed E-state index contributed by atoms with van der Waals surface area (Å²) < 4.78 is 15.7. The number of fused-ring (bicyclic) bond motifs is 2. The molecule has 3 aromatic heterocycles. The number of aliphatic hydroxyl groups is 1. The lowest BCUT2D eigenvalue weighted by atomic mass is 9.75. The van der Waals surface area contributed by atoms with Gasteiger partial charge in [0.25, 0.3) is 5.91 Å². The number of carbonyl (C=O) groups is 3. The molecule has 6 rings (SSSR count). The van der Waals surface area contributed by atoms with Crippen molar-refractivity contribution in [2.24, 2.45) is 11.8 Å². The second-order valence-electron chi connectivity index (χ2n) is 11.2. The van der Waals surface area contributed by atoms with E-state index in [-0.39, 0.29) is 59.9 Å². The number of thioether (sulfide) groups is 1. The SMILES string of the molecule is O=C(NC1CCC(C2CC(=O)c3cc(F)cnc3N(C3CCSCC3)C2=O)CC1)c1cc2ncc(CCO)cn2n1. The molecule has 1 saturated carbocycles. The number of ketones is 1. The van der Waals surface area contributed by atoms with Gasteiger partial charge in [-0.2, -0.15) is 16.9 Å². The standard InChI is InChI=1S/C29H33FN6O4S/c30-19-11-23-25(38)12-22(29(40)36(27(23)32-15-19)21-6-9-41-10-7-21)18-1-3-20(4-2-18)33-28(39)24-13-26-31-14-17(5-8-37)16-35(26)34-24/h11,13-16,18,20-22,37H,1-10,12H2,(H,33,39). The molecular formula is C29H33FN6O4S. The van der Waals surface area contributed by atoms with Crippen molar-refractivity contribution in [2.45, 2.75) is 63.5 Å². The summed E-state index contributed by atoms with van der Waals surface area (Å²) >= 11 is 1.85. The molecule has 0 aromatic carbocycles. The monoisotopic (exact) mass is 580 g/mol. The number of Topliss-reactive ketones (excluding diaryl/α,β-unsaturated/α-hetero) is 1. The lowest BCUT2D eigenvalue weighted by Gasteiger charge is -2.38. The van der Waals surface area contributed by atoms with E-state index in [0.29, 0.717) is 43.6 Å². The Morgan fingerprint density at radius 2 is 1.85 bits per heavy atom. The number of halogens is 1. The molecule has 2 aliphatic heterocycles. The van der Waals surface area contributed by atoms with E-state index in [1.807, 2.05) is 11.8 Å². The van der Waals surface area contributed by atoms with E-state index < -0.39 is 11.7 Å². The molecule has 41 heavy (non-hydrogen) atoms. The van der Waals surface area contributed by atoms with E-state index in [4.69, 9.17) is 5.11 Å². The van der Waals surface area contributed by atoms with Gasteiger partial charge in [-0.1, -0.05) is 0 Å². The van der Waals surface area contributed by atoms with Gasteiger partial charge < -0.3 is 10.4 Å². The summed E-state index contributed by atoms with van der Waals surface area (Å²) in [4.78, 5) is 50.6. The van der Waals surface area contributed by atoms with E-state index >= 15 is 0 Å². The molecule has 2 fully saturated rings. The van der Waals surface area contributed by atoms with Crippen LogP contribution in [0.3, 0.4) is 0 Å². The van der Waals surface area contributed by atoms with Crippen molar-refractivity contribution in [1.82, 2.24) is 24.9 Å². The highest BCUT2D eigenvalue weighted by Crippen LogP contribution is 2.40. The number of aromatic nitrogens is 4. The van der Waals surface area contributed by atoms with Crippen molar-refractivity contribution in [3.05, 3.63) is 53.4 Å². The first-order valence-corrected chi connectivity index (χ1v) is 15.4. The third-order valence-electron chi connectivity index (χ3n) is 8.55. The number of anilines is 1. The smallest absolute Gasteiger partial charge is 0.272 e. The van der Waals surface area contributed by atoms with Gasteiger partial charge >= 0.3 is 0 Å². The number of hydrogen-bond donors (Lipinski definition) is 2. The van der Waals surface area contributed by atoms with Crippen LogP contribution < -0.4 is 10.2 Å². The highest BCUT2D eigenvalue weighted by Gasteiger charge is 2.43. The molecule has 0 spiro atoms. The van der Waals surface area contributed by atoms with Crippen molar-refractivity contribution < 1.29 is 23.9 Å². The van der Waals surface area contributed by atoms with Gasteiger partial charge in [0.1, 0.15) is 11.6 Å². The number of nitrogens with zero attached hydrogens (tertiary/aromatic N) is 5. The molecule has 216 valence electrons. The Balaban J connectivity index is 1.14. The molecule has 1 saturated heterocycles. The van der Waals surface area contributed by atoms with Crippen LogP contribution in [0.15, 0.2) is 30.7 Å². The van der Waals surface area contributed by atoms with E-state index in [0.717, 1.165) is 36.1 Å². The largest absolute Gasteiger partial charge is 0.396 e. The van der Waals surface area contributed by atoms with Gasteiger partial charge in [0.2, 0.25) is 5.91 Å². The molecular weight excluding hydrogens is 547 g/mol. The molecule has 10 nitrogen and oxygen atoms in total. The third kappa shape index (κ3) is 5.72. The number of aliphatic hydroxyl groups excluding tert-OH is 1. The lowest BCUT2D eigenvalue weighted by Crippen LogP contribution is -2.48. The number of nitrogens with one attached hydrogen (secondary N) is 1. The van der Waals surface area contributed by atoms with Crippen LogP contribution in [0.4, 0.5) is 10.2 Å². The fraction of sp³-hybridized carbons (Fsp3) is 0.517. The molecule has 2 N–H and O–H groups in total. The summed E-state index contributed by atoms with van der Waals surface area (Å²) in [5.41, 5.74) is 1.84. The Bertz CT molecular complexity index is 1470. The molecule has 5 heterocycles. The van der Waals surface area contributed by atoms with Crippen LogP contribution in [0.25, 0.3) is 5.65 Å². The van der Waals surface area contributed by atoms with E-state index in [9.17, 15) is 18.8 Å². The molecule has 1 unspecified atom stereocenters. The van der Waals surface area contributed by atoms with Gasteiger partial charge in [-0.25, -0.2) is 18.9 Å². The van der Waals surface area contributed by atoms with Crippen LogP contribution in [-0.4, -0.2) is 72.5 Å². The molecule has 0 radical (unpaired) electrons. The van der Waals surface area contributed by atoms with Gasteiger partial charge in [-0.15, -0.1) is 0 Å². The quantitative estimate of drug-likeness (QED) is 0.455. The zero-order valence-corrected chi connectivity index (χ0v) is 23.5.